The number of rotatable bonds is 6. The van der Waals surface area contributed by atoms with Gasteiger partial charge >= 0.3 is 0 Å². The van der Waals surface area contributed by atoms with Crippen LogP contribution in [0.15, 0.2) is 24.3 Å². The number of nitrogens with zero attached hydrogens (tertiary/aromatic N) is 2. The van der Waals surface area contributed by atoms with Crippen LogP contribution < -0.4 is 5.32 Å². The van der Waals surface area contributed by atoms with Gasteiger partial charge in [0.1, 0.15) is 0 Å². The van der Waals surface area contributed by atoms with E-state index in [9.17, 15) is 9.59 Å². The topological polar surface area (TPSA) is 52.7 Å². The lowest BCUT2D eigenvalue weighted by Crippen LogP contribution is -2.43. The second-order valence-corrected chi connectivity index (χ2v) is 7.32. The molecule has 2 aliphatic rings. The minimum absolute atomic E-state index is 0.0776. The van der Waals surface area contributed by atoms with Crippen molar-refractivity contribution in [1.29, 1.82) is 0 Å². The van der Waals surface area contributed by atoms with Crippen molar-refractivity contribution in [2.45, 2.75) is 38.1 Å². The number of piperidine rings is 1. The zero-order valence-corrected chi connectivity index (χ0v) is 15.3. The number of halogens is 1. The molecule has 5 nitrogen and oxygen atoms in total. The summed E-state index contributed by atoms with van der Waals surface area (Å²) in [5, 5.41) is 3.75. The van der Waals surface area contributed by atoms with Gasteiger partial charge in [-0.05, 0) is 50.0 Å². The summed E-state index contributed by atoms with van der Waals surface area (Å²) >= 11 is 6.02. The molecule has 1 atom stereocenters. The molecule has 0 radical (unpaired) electrons. The number of likely N-dealkylation sites (tertiary alicyclic amines) is 2. The first kappa shape index (κ1) is 18.2. The van der Waals surface area contributed by atoms with Crippen molar-refractivity contribution >= 4 is 23.4 Å². The van der Waals surface area contributed by atoms with Crippen LogP contribution in [0, 0.1) is 0 Å². The fourth-order valence-corrected chi connectivity index (χ4v) is 3.81. The fourth-order valence-electron chi connectivity index (χ4n) is 3.68. The zero-order chi connectivity index (χ0) is 17.6. The molecule has 25 heavy (non-hydrogen) atoms. The molecule has 0 saturated carbocycles. The maximum absolute atomic E-state index is 12.3. The Balaban J connectivity index is 1.61. The Bertz CT molecular complexity index is 599. The zero-order valence-electron chi connectivity index (χ0n) is 14.5. The van der Waals surface area contributed by atoms with E-state index in [0.717, 1.165) is 24.5 Å². The van der Waals surface area contributed by atoms with Gasteiger partial charge in [-0.3, -0.25) is 14.5 Å². The average molecular weight is 364 g/mol. The van der Waals surface area contributed by atoms with E-state index >= 15 is 0 Å². The highest BCUT2D eigenvalue weighted by molar-refractivity contribution is 6.30. The number of hydrogen-bond donors (Lipinski definition) is 1. The van der Waals surface area contributed by atoms with Crippen molar-refractivity contribution in [1.82, 2.24) is 15.1 Å². The van der Waals surface area contributed by atoms with Crippen molar-refractivity contribution in [3.05, 3.63) is 34.9 Å². The van der Waals surface area contributed by atoms with Gasteiger partial charge in [0.05, 0.1) is 12.6 Å². The lowest BCUT2D eigenvalue weighted by atomic mass is 10.0. The van der Waals surface area contributed by atoms with E-state index in [4.69, 9.17) is 11.6 Å². The van der Waals surface area contributed by atoms with E-state index in [1.807, 2.05) is 24.3 Å². The van der Waals surface area contributed by atoms with Gasteiger partial charge in [0.25, 0.3) is 0 Å². The summed E-state index contributed by atoms with van der Waals surface area (Å²) in [7, 11) is 0. The third-order valence-corrected chi connectivity index (χ3v) is 5.34. The highest BCUT2D eigenvalue weighted by Crippen LogP contribution is 2.25. The molecule has 2 fully saturated rings. The summed E-state index contributed by atoms with van der Waals surface area (Å²) in [6, 6.07) is 8.03. The molecule has 1 N–H and O–H groups in total. The summed E-state index contributed by atoms with van der Waals surface area (Å²) < 4.78 is 0. The molecule has 2 heterocycles. The molecule has 2 amide bonds. The van der Waals surface area contributed by atoms with Gasteiger partial charge in [-0.2, -0.15) is 0 Å². The van der Waals surface area contributed by atoms with E-state index in [1.54, 1.807) is 4.90 Å². The van der Waals surface area contributed by atoms with Crippen molar-refractivity contribution in [3.8, 4) is 0 Å². The third-order valence-electron chi connectivity index (χ3n) is 5.08. The Morgan fingerprint density at radius 2 is 1.80 bits per heavy atom. The van der Waals surface area contributed by atoms with Crippen molar-refractivity contribution < 1.29 is 9.59 Å². The first-order chi connectivity index (χ1) is 12.1. The van der Waals surface area contributed by atoms with E-state index in [-0.39, 0.29) is 24.4 Å². The number of carbonyl (C=O) groups excluding carboxylic acids is 2. The highest BCUT2D eigenvalue weighted by atomic mass is 35.5. The number of nitrogens with one attached hydrogen (secondary N) is 1. The van der Waals surface area contributed by atoms with Gasteiger partial charge in [-0.25, -0.2) is 0 Å². The first-order valence-electron chi connectivity index (χ1n) is 9.17. The summed E-state index contributed by atoms with van der Waals surface area (Å²) in [5.41, 5.74) is 1.17. The molecule has 1 aromatic carbocycles. The van der Waals surface area contributed by atoms with Crippen LogP contribution in [0.3, 0.4) is 0 Å². The van der Waals surface area contributed by atoms with Crippen LogP contribution in [0.25, 0.3) is 0 Å². The average Bonchev–Trinajstić information content (AvgIpc) is 3.02. The minimum Gasteiger partial charge on any atom is -0.353 e. The lowest BCUT2D eigenvalue weighted by Gasteiger charge is -2.35. The molecular weight excluding hydrogens is 338 g/mol. The summed E-state index contributed by atoms with van der Waals surface area (Å²) in [6.45, 7) is 3.52. The molecule has 2 aliphatic heterocycles. The fraction of sp³-hybridized carbons (Fsp3) is 0.579. The van der Waals surface area contributed by atoms with Crippen LogP contribution in [-0.4, -0.2) is 54.3 Å². The van der Waals surface area contributed by atoms with Gasteiger partial charge in [-0.1, -0.05) is 30.2 Å². The molecule has 2 saturated heterocycles. The highest BCUT2D eigenvalue weighted by Gasteiger charge is 2.25. The van der Waals surface area contributed by atoms with Crippen LogP contribution in [0.4, 0.5) is 0 Å². The van der Waals surface area contributed by atoms with E-state index in [2.05, 4.69) is 10.2 Å². The molecule has 0 unspecified atom stereocenters. The molecule has 6 heteroatoms. The Morgan fingerprint density at radius 1 is 1.08 bits per heavy atom. The van der Waals surface area contributed by atoms with Gasteiger partial charge in [0.15, 0.2) is 0 Å². The second-order valence-electron chi connectivity index (χ2n) is 6.89. The molecule has 0 aromatic heterocycles. The number of benzene rings is 1. The van der Waals surface area contributed by atoms with Crippen molar-refractivity contribution in [2.75, 3.05) is 32.7 Å². The van der Waals surface area contributed by atoms with Crippen LogP contribution >= 0.6 is 11.6 Å². The Hall–Kier alpha value is -1.59. The quantitative estimate of drug-likeness (QED) is 0.845. The van der Waals surface area contributed by atoms with Gasteiger partial charge < -0.3 is 10.2 Å². The molecular formula is C19H26ClN3O2. The van der Waals surface area contributed by atoms with Crippen molar-refractivity contribution in [2.24, 2.45) is 0 Å². The van der Waals surface area contributed by atoms with Crippen LogP contribution in [0.2, 0.25) is 5.02 Å². The van der Waals surface area contributed by atoms with Crippen molar-refractivity contribution in [3.63, 3.8) is 0 Å². The molecule has 0 spiro atoms. The maximum Gasteiger partial charge on any atom is 0.239 e. The molecule has 0 aliphatic carbocycles. The standard InChI is InChI=1S/C19H26ClN3O2/c20-16-8-6-15(7-9-16)17(22-10-2-1-3-11-22)13-21-18(24)14-23-12-4-5-19(23)25/h6-9,17H,1-5,10-14H2,(H,21,24)/t17-/m1/s1. The number of carbonyl (C=O) groups is 2. The predicted molar refractivity (Wildman–Crippen MR) is 98.4 cm³/mol. The smallest absolute Gasteiger partial charge is 0.239 e. The van der Waals surface area contributed by atoms with Crippen LogP contribution in [-0.2, 0) is 9.59 Å². The molecule has 3 rings (SSSR count). The Labute approximate surface area is 154 Å². The largest absolute Gasteiger partial charge is 0.353 e. The van der Waals surface area contributed by atoms with E-state index in [0.29, 0.717) is 19.5 Å². The second kappa shape index (κ2) is 8.68. The number of amides is 2. The Kier molecular flexibility index (Phi) is 6.32. The normalized spacial score (nSPS) is 19.9. The first-order valence-corrected chi connectivity index (χ1v) is 9.55. The predicted octanol–water partition coefficient (Wildman–Crippen LogP) is 2.61. The van der Waals surface area contributed by atoms with E-state index < -0.39 is 0 Å². The van der Waals surface area contributed by atoms with E-state index in [1.165, 1.54) is 24.8 Å². The lowest BCUT2D eigenvalue weighted by molar-refractivity contribution is -0.133. The Morgan fingerprint density at radius 3 is 2.44 bits per heavy atom. The summed E-state index contributed by atoms with van der Waals surface area (Å²) in [6.07, 6.45) is 5.08. The minimum atomic E-state index is -0.0776. The maximum atomic E-state index is 12.3. The molecule has 0 bridgehead atoms. The monoisotopic (exact) mass is 363 g/mol. The summed E-state index contributed by atoms with van der Waals surface area (Å²) in [4.78, 5) is 28.0. The van der Waals surface area contributed by atoms with Crippen LogP contribution in [0.1, 0.15) is 43.7 Å². The summed E-state index contributed by atoms with van der Waals surface area (Å²) in [5.74, 6) is 0.00616. The molecule has 136 valence electrons. The van der Waals surface area contributed by atoms with Crippen LogP contribution in [0.5, 0.6) is 0 Å². The van der Waals surface area contributed by atoms with Gasteiger partial charge in [0.2, 0.25) is 11.8 Å². The third kappa shape index (κ3) is 4.95. The number of hydrogen-bond acceptors (Lipinski definition) is 3. The van der Waals surface area contributed by atoms with Gasteiger partial charge in [-0.15, -0.1) is 0 Å². The van der Waals surface area contributed by atoms with Gasteiger partial charge in [0, 0.05) is 24.5 Å². The molecule has 1 aromatic rings. The SMILES string of the molecule is O=C(CN1CCCC1=O)NC[C@H](c1ccc(Cl)cc1)N1CCCCC1.